The zero-order chi connectivity index (χ0) is 12.6. The van der Waals surface area contributed by atoms with E-state index in [-0.39, 0.29) is 6.61 Å². The van der Waals surface area contributed by atoms with Crippen LogP contribution in [-0.2, 0) is 0 Å². The molecule has 0 saturated carbocycles. The van der Waals surface area contributed by atoms with E-state index in [1.165, 1.54) is 0 Å². The zero-order valence-electron chi connectivity index (χ0n) is 9.79. The van der Waals surface area contributed by atoms with E-state index in [1.54, 1.807) is 0 Å². The molecular formula is C11H24O5. The maximum Gasteiger partial charge on any atom is 0.108 e. The molecule has 0 rings (SSSR count). The number of unbranched alkanes of at least 4 members (excludes halogenated alkanes) is 1. The van der Waals surface area contributed by atoms with E-state index in [0.717, 1.165) is 0 Å². The molecule has 0 aliphatic carbocycles. The van der Waals surface area contributed by atoms with E-state index in [1.807, 2.05) is 6.92 Å². The van der Waals surface area contributed by atoms with Crippen molar-refractivity contribution in [1.82, 2.24) is 0 Å². The number of aliphatic hydroxyl groups is 5. The van der Waals surface area contributed by atoms with Gasteiger partial charge in [-0.2, -0.15) is 0 Å². The van der Waals surface area contributed by atoms with Gasteiger partial charge in [0.15, 0.2) is 0 Å². The zero-order valence-corrected chi connectivity index (χ0v) is 9.79. The number of hydrogen-bond donors (Lipinski definition) is 5. The van der Waals surface area contributed by atoms with Gasteiger partial charge >= 0.3 is 0 Å². The second-order valence-corrected chi connectivity index (χ2v) is 4.12. The second-order valence-electron chi connectivity index (χ2n) is 4.12. The highest BCUT2D eigenvalue weighted by molar-refractivity contribution is 4.80. The lowest BCUT2D eigenvalue weighted by Crippen LogP contribution is -2.44. The predicted octanol–water partition coefficient (Wildman–Crippen LogP) is -0.607. The Bertz CT molecular complexity index is 164. The summed E-state index contributed by atoms with van der Waals surface area (Å²) in [5.74, 6) is 0. The van der Waals surface area contributed by atoms with Crippen molar-refractivity contribution >= 4 is 0 Å². The molecule has 5 heteroatoms. The summed E-state index contributed by atoms with van der Waals surface area (Å²) < 4.78 is 0. The van der Waals surface area contributed by atoms with Gasteiger partial charge in [-0.05, 0) is 25.7 Å². The van der Waals surface area contributed by atoms with Crippen LogP contribution in [0.4, 0.5) is 0 Å². The van der Waals surface area contributed by atoms with E-state index in [4.69, 9.17) is 5.11 Å². The summed E-state index contributed by atoms with van der Waals surface area (Å²) in [4.78, 5) is 0. The van der Waals surface area contributed by atoms with Crippen molar-refractivity contribution in [2.24, 2.45) is 0 Å². The van der Waals surface area contributed by atoms with Gasteiger partial charge in [-0.1, -0.05) is 13.3 Å². The fourth-order valence-corrected chi connectivity index (χ4v) is 1.56. The summed E-state index contributed by atoms with van der Waals surface area (Å²) in [7, 11) is 0. The molecule has 0 bridgehead atoms. The lowest BCUT2D eigenvalue weighted by molar-refractivity contribution is -0.108. The Balaban J connectivity index is 3.94. The van der Waals surface area contributed by atoms with Gasteiger partial charge in [0, 0.05) is 6.61 Å². The van der Waals surface area contributed by atoms with Crippen LogP contribution in [0.1, 0.15) is 39.0 Å². The molecule has 5 nitrogen and oxygen atoms in total. The van der Waals surface area contributed by atoms with Gasteiger partial charge in [0.05, 0.1) is 12.2 Å². The van der Waals surface area contributed by atoms with Crippen LogP contribution >= 0.6 is 0 Å². The first-order valence-electron chi connectivity index (χ1n) is 5.87. The molecule has 0 aromatic carbocycles. The molecular weight excluding hydrogens is 212 g/mol. The van der Waals surface area contributed by atoms with Crippen LogP contribution in [0.15, 0.2) is 0 Å². The largest absolute Gasteiger partial charge is 0.396 e. The fraction of sp³-hybridized carbons (Fsp3) is 1.00. The van der Waals surface area contributed by atoms with Gasteiger partial charge < -0.3 is 25.5 Å². The number of aliphatic hydroxyl groups excluding tert-OH is 5. The lowest BCUT2D eigenvalue weighted by atomic mass is 9.97. The predicted molar refractivity (Wildman–Crippen MR) is 59.9 cm³/mol. The van der Waals surface area contributed by atoms with E-state index < -0.39 is 24.4 Å². The Labute approximate surface area is 96.4 Å². The van der Waals surface area contributed by atoms with E-state index >= 15 is 0 Å². The minimum Gasteiger partial charge on any atom is -0.396 e. The van der Waals surface area contributed by atoms with Gasteiger partial charge in [0.2, 0.25) is 0 Å². The molecule has 0 saturated heterocycles. The molecule has 0 radical (unpaired) electrons. The number of rotatable bonds is 9. The molecule has 0 amide bonds. The molecule has 0 aromatic rings. The van der Waals surface area contributed by atoms with E-state index in [9.17, 15) is 20.4 Å². The monoisotopic (exact) mass is 236 g/mol. The van der Waals surface area contributed by atoms with E-state index in [0.29, 0.717) is 32.1 Å². The summed E-state index contributed by atoms with van der Waals surface area (Å²) in [5.41, 5.74) is 0. The van der Waals surface area contributed by atoms with Crippen molar-refractivity contribution in [2.45, 2.75) is 63.4 Å². The van der Waals surface area contributed by atoms with Crippen LogP contribution in [0.5, 0.6) is 0 Å². The Hall–Kier alpha value is -0.200. The SMILES string of the molecule is CCC[C@@H](O)[C@H](O)[C@H](O)[C@H](O)CCCCO. The minimum absolute atomic E-state index is 0.0455. The highest BCUT2D eigenvalue weighted by Crippen LogP contribution is 2.13. The summed E-state index contributed by atoms with van der Waals surface area (Å²) >= 11 is 0. The third-order valence-corrected chi connectivity index (χ3v) is 2.63. The molecule has 0 aliphatic heterocycles. The maximum absolute atomic E-state index is 9.56. The first-order chi connectivity index (χ1) is 7.54. The Kier molecular flexibility index (Phi) is 8.78. The second kappa shape index (κ2) is 8.90. The van der Waals surface area contributed by atoms with Crippen LogP contribution in [0.25, 0.3) is 0 Å². The standard InChI is InChI=1S/C11H24O5/c1-2-5-8(13)10(15)11(16)9(14)6-3-4-7-12/h8-16H,2-7H2,1H3/t8-,9-,10+,11-/m1/s1. The summed E-state index contributed by atoms with van der Waals surface area (Å²) in [6.45, 7) is 1.91. The topological polar surface area (TPSA) is 101 Å². The van der Waals surface area contributed by atoms with Crippen LogP contribution in [0, 0.1) is 0 Å². The van der Waals surface area contributed by atoms with Crippen molar-refractivity contribution in [1.29, 1.82) is 0 Å². The maximum atomic E-state index is 9.56. The third-order valence-electron chi connectivity index (χ3n) is 2.63. The lowest BCUT2D eigenvalue weighted by Gasteiger charge is -2.26. The molecule has 4 atom stereocenters. The van der Waals surface area contributed by atoms with Crippen molar-refractivity contribution < 1.29 is 25.5 Å². The molecule has 0 spiro atoms. The third kappa shape index (κ3) is 5.77. The molecule has 0 heterocycles. The molecule has 0 unspecified atom stereocenters. The molecule has 0 aliphatic rings. The molecule has 5 N–H and O–H groups in total. The van der Waals surface area contributed by atoms with Gasteiger partial charge in [0.1, 0.15) is 12.2 Å². The van der Waals surface area contributed by atoms with Crippen LogP contribution in [-0.4, -0.2) is 56.6 Å². The Morgan fingerprint density at radius 2 is 1.31 bits per heavy atom. The van der Waals surface area contributed by atoms with Crippen molar-refractivity contribution in [2.75, 3.05) is 6.61 Å². The average Bonchev–Trinajstić information content (AvgIpc) is 2.27. The smallest absolute Gasteiger partial charge is 0.108 e. The van der Waals surface area contributed by atoms with Crippen molar-refractivity contribution in [3.63, 3.8) is 0 Å². The molecule has 0 fully saturated rings. The first-order valence-corrected chi connectivity index (χ1v) is 5.87. The van der Waals surface area contributed by atoms with Crippen LogP contribution < -0.4 is 0 Å². The van der Waals surface area contributed by atoms with Gasteiger partial charge in [-0.3, -0.25) is 0 Å². The van der Waals surface area contributed by atoms with Crippen LogP contribution in [0.2, 0.25) is 0 Å². The van der Waals surface area contributed by atoms with Gasteiger partial charge in [-0.25, -0.2) is 0 Å². The van der Waals surface area contributed by atoms with E-state index in [2.05, 4.69) is 0 Å². The quantitative estimate of drug-likeness (QED) is 0.344. The molecule has 0 aromatic heterocycles. The fourth-order valence-electron chi connectivity index (χ4n) is 1.56. The molecule has 16 heavy (non-hydrogen) atoms. The van der Waals surface area contributed by atoms with Crippen molar-refractivity contribution in [3.05, 3.63) is 0 Å². The summed E-state index contributed by atoms with van der Waals surface area (Å²) in [5, 5.41) is 46.6. The average molecular weight is 236 g/mol. The Morgan fingerprint density at radius 3 is 1.75 bits per heavy atom. The van der Waals surface area contributed by atoms with Crippen LogP contribution in [0.3, 0.4) is 0 Å². The Morgan fingerprint density at radius 1 is 0.812 bits per heavy atom. The minimum atomic E-state index is -1.33. The normalized spacial score (nSPS) is 19.1. The molecule has 98 valence electrons. The number of hydrogen-bond acceptors (Lipinski definition) is 5. The summed E-state index contributed by atoms with van der Waals surface area (Å²) in [6.07, 6.45) is -2.20. The van der Waals surface area contributed by atoms with Gasteiger partial charge in [0.25, 0.3) is 0 Å². The highest BCUT2D eigenvalue weighted by Gasteiger charge is 2.29. The first kappa shape index (κ1) is 15.8. The highest BCUT2D eigenvalue weighted by atomic mass is 16.4. The van der Waals surface area contributed by atoms with Crippen molar-refractivity contribution in [3.8, 4) is 0 Å². The summed E-state index contributed by atoms with van der Waals surface area (Å²) in [6, 6.07) is 0. The van der Waals surface area contributed by atoms with Gasteiger partial charge in [-0.15, -0.1) is 0 Å².